The van der Waals surface area contributed by atoms with Gasteiger partial charge >= 0.3 is 0 Å². The van der Waals surface area contributed by atoms with Crippen molar-refractivity contribution in [2.75, 3.05) is 5.32 Å². The van der Waals surface area contributed by atoms with Crippen LogP contribution in [0.5, 0.6) is 0 Å². The zero-order valence-corrected chi connectivity index (χ0v) is 15.5. The highest BCUT2D eigenvalue weighted by Crippen LogP contribution is 2.50. The predicted octanol–water partition coefficient (Wildman–Crippen LogP) is 5.51. The first kappa shape index (κ1) is 16.9. The van der Waals surface area contributed by atoms with Crippen LogP contribution in [0.15, 0.2) is 60.8 Å². The fourth-order valence-corrected chi connectivity index (χ4v) is 4.81. The Labute approximate surface area is 154 Å². The number of carbonyl (C=O) groups is 1. The number of hydrogen-bond acceptors (Lipinski definition) is 2. The lowest BCUT2D eigenvalue weighted by Gasteiger charge is -2.36. The molecule has 1 aliphatic carbocycles. The van der Waals surface area contributed by atoms with E-state index in [0.717, 1.165) is 24.0 Å². The number of para-hydroxylation sites is 2. The van der Waals surface area contributed by atoms with Gasteiger partial charge in [-0.2, -0.15) is 0 Å². The minimum absolute atomic E-state index is 0.103. The summed E-state index contributed by atoms with van der Waals surface area (Å²) in [5, 5.41) is 4.96. The minimum Gasteiger partial charge on any atom is -0.381 e. The van der Waals surface area contributed by atoms with Gasteiger partial charge in [-0.3, -0.25) is 4.79 Å². The van der Waals surface area contributed by atoms with Crippen LogP contribution >= 0.6 is 0 Å². The van der Waals surface area contributed by atoms with Crippen LogP contribution in [0.25, 0.3) is 10.9 Å². The average Bonchev–Trinajstić information content (AvgIpc) is 3.22. The normalized spacial score (nSPS) is 22.0. The lowest BCUT2D eigenvalue weighted by Crippen LogP contribution is -2.41. The Bertz CT molecular complexity index is 908. The highest BCUT2D eigenvalue weighted by Gasteiger charge is 2.53. The second kappa shape index (κ2) is 6.64. The molecule has 3 heteroatoms. The molecule has 0 amide bonds. The Balaban J connectivity index is 1.80. The molecule has 0 spiro atoms. The number of rotatable bonds is 5. The van der Waals surface area contributed by atoms with Gasteiger partial charge in [0.25, 0.3) is 0 Å². The molecule has 0 aliphatic heterocycles. The molecule has 4 rings (SSSR count). The molecule has 0 radical (unpaired) electrons. The molecular formula is C23H26N2O. The number of anilines is 1. The van der Waals surface area contributed by atoms with Gasteiger partial charge in [-0.05, 0) is 36.6 Å². The maximum Gasteiger partial charge on any atom is 0.141 e. The van der Waals surface area contributed by atoms with Gasteiger partial charge in [0.2, 0.25) is 0 Å². The van der Waals surface area contributed by atoms with E-state index in [9.17, 15) is 4.79 Å². The van der Waals surface area contributed by atoms with Crippen LogP contribution in [-0.4, -0.2) is 16.8 Å². The Hall–Kier alpha value is -2.55. The summed E-state index contributed by atoms with van der Waals surface area (Å²) in [4.78, 5) is 16.5. The summed E-state index contributed by atoms with van der Waals surface area (Å²) >= 11 is 0. The van der Waals surface area contributed by atoms with E-state index in [2.05, 4.69) is 60.7 Å². The number of aromatic amines is 1. The minimum atomic E-state index is -0.307. The van der Waals surface area contributed by atoms with Gasteiger partial charge in [-0.25, -0.2) is 0 Å². The van der Waals surface area contributed by atoms with E-state index in [-0.39, 0.29) is 17.4 Å². The molecule has 1 heterocycles. The van der Waals surface area contributed by atoms with Gasteiger partial charge < -0.3 is 10.3 Å². The average molecular weight is 346 g/mol. The first-order valence-corrected chi connectivity index (χ1v) is 9.60. The summed E-state index contributed by atoms with van der Waals surface area (Å²) < 4.78 is 0. The summed E-state index contributed by atoms with van der Waals surface area (Å²) in [7, 11) is 0. The molecule has 134 valence electrons. The van der Waals surface area contributed by atoms with Gasteiger partial charge in [0, 0.05) is 46.6 Å². The SMILES string of the molecule is CCC1(CC)C(=O)C[C@@H](c2c[nH]c3ccccc23)[C@@H]1Nc1ccccc1. The molecule has 2 N–H and O–H groups in total. The zero-order valence-electron chi connectivity index (χ0n) is 15.5. The topological polar surface area (TPSA) is 44.9 Å². The van der Waals surface area contributed by atoms with Crippen molar-refractivity contribution < 1.29 is 4.79 Å². The number of fused-ring (bicyclic) bond motifs is 1. The molecule has 1 aromatic heterocycles. The molecular weight excluding hydrogens is 320 g/mol. The van der Waals surface area contributed by atoms with Crippen LogP contribution in [0.3, 0.4) is 0 Å². The molecule has 1 saturated carbocycles. The highest BCUT2D eigenvalue weighted by atomic mass is 16.1. The fraction of sp³-hybridized carbons (Fsp3) is 0.348. The van der Waals surface area contributed by atoms with Crippen molar-refractivity contribution in [3.05, 3.63) is 66.4 Å². The highest BCUT2D eigenvalue weighted by molar-refractivity contribution is 5.92. The van der Waals surface area contributed by atoms with E-state index in [1.165, 1.54) is 10.9 Å². The number of H-pyrrole nitrogens is 1. The van der Waals surface area contributed by atoms with Crippen LogP contribution < -0.4 is 5.32 Å². The van der Waals surface area contributed by atoms with Crippen molar-refractivity contribution in [3.63, 3.8) is 0 Å². The van der Waals surface area contributed by atoms with Crippen LogP contribution in [0.1, 0.15) is 44.6 Å². The molecule has 3 nitrogen and oxygen atoms in total. The zero-order chi connectivity index (χ0) is 18.1. The third kappa shape index (κ3) is 2.54. The number of ketones is 1. The van der Waals surface area contributed by atoms with Gasteiger partial charge in [0.15, 0.2) is 0 Å². The van der Waals surface area contributed by atoms with Crippen molar-refractivity contribution in [1.82, 2.24) is 4.98 Å². The van der Waals surface area contributed by atoms with E-state index >= 15 is 0 Å². The third-order valence-corrected chi connectivity index (χ3v) is 6.34. The number of aromatic nitrogens is 1. The van der Waals surface area contributed by atoms with E-state index in [4.69, 9.17) is 0 Å². The van der Waals surface area contributed by atoms with Crippen LogP contribution in [-0.2, 0) is 4.79 Å². The fourth-order valence-electron chi connectivity index (χ4n) is 4.81. The van der Waals surface area contributed by atoms with Crippen molar-refractivity contribution in [2.45, 2.75) is 45.1 Å². The Kier molecular flexibility index (Phi) is 4.31. The van der Waals surface area contributed by atoms with Crippen molar-refractivity contribution in [3.8, 4) is 0 Å². The summed E-state index contributed by atoms with van der Waals surface area (Å²) in [6.45, 7) is 4.30. The Morgan fingerprint density at radius 2 is 1.73 bits per heavy atom. The first-order chi connectivity index (χ1) is 12.7. The number of nitrogens with one attached hydrogen (secondary N) is 2. The van der Waals surface area contributed by atoms with Crippen LogP contribution in [0.4, 0.5) is 5.69 Å². The maximum atomic E-state index is 13.2. The second-order valence-corrected chi connectivity index (χ2v) is 7.37. The van der Waals surface area contributed by atoms with Gasteiger partial charge in [0.1, 0.15) is 5.78 Å². The largest absolute Gasteiger partial charge is 0.381 e. The van der Waals surface area contributed by atoms with Crippen molar-refractivity contribution in [1.29, 1.82) is 0 Å². The van der Waals surface area contributed by atoms with E-state index in [1.54, 1.807) is 0 Å². The maximum absolute atomic E-state index is 13.2. The van der Waals surface area contributed by atoms with Gasteiger partial charge in [0.05, 0.1) is 0 Å². The monoisotopic (exact) mass is 346 g/mol. The molecule has 0 unspecified atom stereocenters. The summed E-state index contributed by atoms with van der Waals surface area (Å²) in [5.41, 5.74) is 3.17. The van der Waals surface area contributed by atoms with Crippen LogP contribution in [0, 0.1) is 5.41 Å². The summed E-state index contributed by atoms with van der Waals surface area (Å²) in [6.07, 6.45) is 4.44. The number of carbonyl (C=O) groups excluding carboxylic acids is 1. The third-order valence-electron chi connectivity index (χ3n) is 6.34. The van der Waals surface area contributed by atoms with E-state index in [1.807, 2.05) is 24.3 Å². The molecule has 3 aromatic rings. The number of benzene rings is 2. The van der Waals surface area contributed by atoms with Crippen molar-refractivity contribution >= 4 is 22.4 Å². The van der Waals surface area contributed by atoms with E-state index < -0.39 is 0 Å². The Morgan fingerprint density at radius 3 is 2.46 bits per heavy atom. The lowest BCUT2D eigenvalue weighted by molar-refractivity contribution is -0.126. The first-order valence-electron chi connectivity index (χ1n) is 9.60. The van der Waals surface area contributed by atoms with Crippen molar-refractivity contribution in [2.24, 2.45) is 5.41 Å². The van der Waals surface area contributed by atoms with Gasteiger partial charge in [-0.1, -0.05) is 50.2 Å². The quantitative estimate of drug-likeness (QED) is 0.639. The lowest BCUT2D eigenvalue weighted by atomic mass is 9.74. The molecule has 26 heavy (non-hydrogen) atoms. The summed E-state index contributed by atoms with van der Waals surface area (Å²) in [6, 6.07) is 18.8. The number of Topliss-reactive ketones (excluding diaryl/α,β-unsaturated/α-hetero) is 1. The molecule has 1 aliphatic rings. The smallest absolute Gasteiger partial charge is 0.141 e. The van der Waals surface area contributed by atoms with Crippen LogP contribution in [0.2, 0.25) is 0 Å². The molecule has 2 aromatic carbocycles. The molecule has 1 fully saturated rings. The Morgan fingerprint density at radius 1 is 1.04 bits per heavy atom. The molecule has 2 atom stereocenters. The predicted molar refractivity (Wildman–Crippen MR) is 108 cm³/mol. The van der Waals surface area contributed by atoms with Gasteiger partial charge in [-0.15, -0.1) is 0 Å². The number of hydrogen-bond donors (Lipinski definition) is 2. The molecule has 0 bridgehead atoms. The second-order valence-electron chi connectivity index (χ2n) is 7.37. The summed E-state index contributed by atoms with van der Waals surface area (Å²) in [5.74, 6) is 0.574. The standard InChI is InChI=1S/C23H26N2O/c1-3-23(4-2)21(26)14-18(22(23)25-16-10-6-5-7-11-16)19-15-24-20-13-9-8-12-17(19)20/h5-13,15,18,22,24-25H,3-4,14H2,1-2H3/t18-,22-/m0/s1. The van der Waals surface area contributed by atoms with E-state index in [0.29, 0.717) is 12.2 Å². The molecule has 0 saturated heterocycles.